The fraction of sp³-hybridized carbons (Fsp3) is 0.407. The van der Waals surface area contributed by atoms with Crippen LogP contribution in [0.1, 0.15) is 49.1 Å². The Morgan fingerprint density at radius 2 is 1.94 bits per heavy atom. The summed E-state index contributed by atoms with van der Waals surface area (Å²) >= 11 is 0. The minimum atomic E-state index is -0.180. The van der Waals surface area contributed by atoms with Gasteiger partial charge in [-0.3, -0.25) is 15.1 Å². The monoisotopic (exact) mass is 469 g/mol. The van der Waals surface area contributed by atoms with Gasteiger partial charge in [-0.1, -0.05) is 6.07 Å². The third-order valence-electron chi connectivity index (χ3n) is 7.33. The van der Waals surface area contributed by atoms with Crippen LogP contribution in [0.4, 0.5) is 0 Å². The summed E-state index contributed by atoms with van der Waals surface area (Å²) in [7, 11) is 4.20. The predicted octanol–water partition coefficient (Wildman–Crippen LogP) is 4.51. The molecule has 35 heavy (non-hydrogen) atoms. The zero-order chi connectivity index (χ0) is 23.9. The average molecular weight is 470 g/mol. The molecule has 0 bridgehead atoms. The van der Waals surface area contributed by atoms with E-state index in [-0.39, 0.29) is 6.10 Å². The van der Waals surface area contributed by atoms with E-state index in [2.05, 4.69) is 68.6 Å². The lowest BCUT2D eigenvalue weighted by Crippen LogP contribution is -2.23. The quantitative estimate of drug-likeness (QED) is 0.399. The Morgan fingerprint density at radius 1 is 1.09 bits per heavy atom. The molecule has 4 aromatic rings. The average Bonchev–Trinajstić information content (AvgIpc) is 3.48. The van der Waals surface area contributed by atoms with Gasteiger partial charge in [-0.2, -0.15) is 5.10 Å². The highest BCUT2D eigenvalue weighted by atomic mass is 16.3. The minimum absolute atomic E-state index is 0.180. The Hall–Kier alpha value is -3.36. The summed E-state index contributed by atoms with van der Waals surface area (Å²) in [5.41, 5.74) is 7.24. The molecule has 1 fully saturated rings. The Morgan fingerprint density at radius 3 is 2.77 bits per heavy atom. The number of aliphatic imine (C=N–C) groups is 1. The SMILES string of the molecule is CN(C)CC1C=NC=C(c2ccc3[nH]nc(-c4nc5c(C6CCC(O)CC6)cncc5[nH]4)c3c2)C1. The van der Waals surface area contributed by atoms with Crippen molar-refractivity contribution in [2.24, 2.45) is 10.9 Å². The lowest BCUT2D eigenvalue weighted by Gasteiger charge is -2.25. The van der Waals surface area contributed by atoms with E-state index in [0.29, 0.717) is 11.8 Å². The van der Waals surface area contributed by atoms with Crippen LogP contribution in [-0.4, -0.2) is 68.1 Å². The van der Waals surface area contributed by atoms with Crippen molar-refractivity contribution in [2.75, 3.05) is 20.6 Å². The number of nitrogens with one attached hydrogen (secondary N) is 2. The molecule has 1 saturated carbocycles. The number of benzene rings is 1. The highest BCUT2D eigenvalue weighted by molar-refractivity contribution is 5.95. The van der Waals surface area contributed by atoms with Crippen molar-refractivity contribution >= 4 is 33.7 Å². The summed E-state index contributed by atoms with van der Waals surface area (Å²) in [4.78, 5) is 19.7. The third-order valence-corrected chi connectivity index (χ3v) is 7.33. The number of fused-ring (bicyclic) bond motifs is 2. The minimum Gasteiger partial charge on any atom is -0.393 e. The van der Waals surface area contributed by atoms with Crippen LogP contribution in [0.3, 0.4) is 0 Å². The van der Waals surface area contributed by atoms with Gasteiger partial charge in [0.05, 0.1) is 28.9 Å². The van der Waals surface area contributed by atoms with Gasteiger partial charge in [-0.25, -0.2) is 4.98 Å². The van der Waals surface area contributed by atoms with Gasteiger partial charge in [0.25, 0.3) is 0 Å². The van der Waals surface area contributed by atoms with E-state index in [1.165, 1.54) is 11.1 Å². The van der Waals surface area contributed by atoms with Crippen LogP contribution in [0.2, 0.25) is 0 Å². The van der Waals surface area contributed by atoms with Crippen molar-refractivity contribution in [3.8, 4) is 11.5 Å². The first kappa shape index (κ1) is 22.1. The maximum atomic E-state index is 9.92. The van der Waals surface area contributed by atoms with Crippen LogP contribution in [0, 0.1) is 5.92 Å². The number of aromatic amines is 2. The lowest BCUT2D eigenvalue weighted by molar-refractivity contribution is 0.122. The van der Waals surface area contributed by atoms with Gasteiger partial charge in [-0.15, -0.1) is 0 Å². The van der Waals surface area contributed by atoms with E-state index in [1.54, 1.807) is 0 Å². The largest absolute Gasteiger partial charge is 0.393 e. The molecule has 1 aliphatic carbocycles. The second kappa shape index (κ2) is 9.02. The Kier molecular flexibility index (Phi) is 5.70. The first-order valence-corrected chi connectivity index (χ1v) is 12.4. The van der Waals surface area contributed by atoms with E-state index in [0.717, 1.165) is 77.7 Å². The number of aliphatic hydroxyl groups excluding tert-OH is 1. The van der Waals surface area contributed by atoms with Gasteiger partial charge in [0.1, 0.15) is 5.69 Å². The maximum Gasteiger partial charge on any atom is 0.159 e. The van der Waals surface area contributed by atoms with E-state index in [4.69, 9.17) is 4.98 Å². The molecule has 1 aliphatic heterocycles. The Labute approximate surface area is 204 Å². The number of pyridine rings is 1. The molecule has 2 aliphatic rings. The van der Waals surface area contributed by atoms with Crippen LogP contribution < -0.4 is 0 Å². The topological polar surface area (TPSA) is 106 Å². The summed E-state index contributed by atoms with van der Waals surface area (Å²) in [6.45, 7) is 0.982. The van der Waals surface area contributed by atoms with Crippen molar-refractivity contribution in [3.05, 3.63) is 47.9 Å². The number of rotatable bonds is 5. The number of aromatic nitrogens is 5. The van der Waals surface area contributed by atoms with E-state index in [1.807, 2.05) is 18.6 Å². The molecule has 0 spiro atoms. The van der Waals surface area contributed by atoms with Crippen LogP contribution in [0.5, 0.6) is 0 Å². The summed E-state index contributed by atoms with van der Waals surface area (Å²) in [6.07, 6.45) is 12.2. The van der Waals surface area contributed by atoms with Crippen LogP contribution in [-0.2, 0) is 0 Å². The molecular weight excluding hydrogens is 438 g/mol. The van der Waals surface area contributed by atoms with Crippen molar-refractivity contribution in [3.63, 3.8) is 0 Å². The first-order chi connectivity index (χ1) is 17.0. The standard InChI is InChI=1S/C27H31N7O/c1-34(2)15-16-9-19(12-28-11-16)18-5-8-23-21(10-18)26(33-32-23)27-30-24-14-29-13-22(25(24)31-27)17-3-6-20(35)7-4-17/h5,8,10-14,16-17,20,35H,3-4,6-7,9,15H2,1-2H3,(H,30,31)(H,32,33). The van der Waals surface area contributed by atoms with E-state index >= 15 is 0 Å². The van der Waals surface area contributed by atoms with Crippen molar-refractivity contribution in [1.29, 1.82) is 0 Å². The molecular formula is C27H31N7O. The molecule has 1 aromatic carbocycles. The van der Waals surface area contributed by atoms with Gasteiger partial charge >= 0.3 is 0 Å². The van der Waals surface area contributed by atoms with Crippen molar-refractivity contribution in [1.82, 2.24) is 30.0 Å². The van der Waals surface area contributed by atoms with Crippen LogP contribution in [0.25, 0.3) is 39.0 Å². The molecule has 0 radical (unpaired) electrons. The van der Waals surface area contributed by atoms with Crippen molar-refractivity contribution in [2.45, 2.75) is 44.1 Å². The fourth-order valence-corrected chi connectivity index (χ4v) is 5.56. The fourth-order valence-electron chi connectivity index (χ4n) is 5.56. The zero-order valence-electron chi connectivity index (χ0n) is 20.2. The second-order valence-electron chi connectivity index (χ2n) is 10.2. The Bertz CT molecular complexity index is 1420. The lowest BCUT2D eigenvalue weighted by atomic mass is 9.83. The number of allylic oxidation sites excluding steroid dienone is 1. The highest BCUT2D eigenvalue weighted by Gasteiger charge is 2.24. The van der Waals surface area contributed by atoms with Crippen LogP contribution >= 0.6 is 0 Å². The van der Waals surface area contributed by atoms with Gasteiger partial charge in [0, 0.05) is 42.0 Å². The van der Waals surface area contributed by atoms with Gasteiger partial charge < -0.3 is 15.0 Å². The van der Waals surface area contributed by atoms with Crippen LogP contribution in [0.15, 0.2) is 41.8 Å². The molecule has 8 nitrogen and oxygen atoms in total. The van der Waals surface area contributed by atoms with E-state index in [9.17, 15) is 5.11 Å². The molecule has 6 rings (SSSR count). The molecule has 1 unspecified atom stereocenters. The van der Waals surface area contributed by atoms with Gasteiger partial charge in [0.15, 0.2) is 5.82 Å². The molecule has 0 saturated heterocycles. The molecule has 8 heteroatoms. The predicted molar refractivity (Wildman–Crippen MR) is 139 cm³/mol. The number of nitrogens with zero attached hydrogens (tertiary/aromatic N) is 5. The first-order valence-electron chi connectivity index (χ1n) is 12.4. The van der Waals surface area contributed by atoms with E-state index < -0.39 is 0 Å². The zero-order valence-corrected chi connectivity index (χ0v) is 20.2. The molecule has 0 amide bonds. The summed E-state index contributed by atoms with van der Waals surface area (Å²) in [6, 6.07) is 6.43. The summed E-state index contributed by atoms with van der Waals surface area (Å²) in [5.74, 6) is 1.53. The number of H-pyrrole nitrogens is 2. The normalized spacial score (nSPS) is 22.9. The molecule has 1 atom stereocenters. The maximum absolute atomic E-state index is 9.92. The summed E-state index contributed by atoms with van der Waals surface area (Å²) in [5, 5.41) is 18.8. The third kappa shape index (κ3) is 4.28. The smallest absolute Gasteiger partial charge is 0.159 e. The molecule has 3 aromatic heterocycles. The summed E-state index contributed by atoms with van der Waals surface area (Å²) < 4.78 is 0. The second-order valence-corrected chi connectivity index (χ2v) is 10.2. The Balaban J connectivity index is 1.35. The molecule has 4 heterocycles. The number of hydrogen-bond donors (Lipinski definition) is 3. The van der Waals surface area contributed by atoms with Gasteiger partial charge in [-0.05, 0) is 75.4 Å². The number of hydrogen-bond acceptors (Lipinski definition) is 6. The van der Waals surface area contributed by atoms with Crippen molar-refractivity contribution < 1.29 is 5.11 Å². The molecule has 180 valence electrons. The molecule has 3 N–H and O–H groups in total. The number of imidazole rings is 1. The van der Waals surface area contributed by atoms with Gasteiger partial charge in [0.2, 0.25) is 0 Å². The number of aliphatic hydroxyl groups is 1. The highest BCUT2D eigenvalue weighted by Crippen LogP contribution is 2.37.